The summed E-state index contributed by atoms with van der Waals surface area (Å²) >= 11 is 0. The van der Waals surface area contributed by atoms with Gasteiger partial charge in [0, 0.05) is 40.8 Å². The molecule has 0 aromatic heterocycles. The highest BCUT2D eigenvalue weighted by Gasteiger charge is 2.13. The van der Waals surface area contributed by atoms with Gasteiger partial charge in [-0.15, -0.1) is 0 Å². The Morgan fingerprint density at radius 3 is 2.33 bits per heavy atom. The Bertz CT molecular complexity index is 270. The third-order valence-electron chi connectivity index (χ3n) is 3.16. The lowest BCUT2D eigenvalue weighted by Gasteiger charge is -2.14. The van der Waals surface area contributed by atoms with Gasteiger partial charge in [-0.1, -0.05) is 20.3 Å². The van der Waals surface area contributed by atoms with Crippen LogP contribution in [0, 0.1) is 5.92 Å². The molecule has 0 aliphatic heterocycles. The van der Waals surface area contributed by atoms with Crippen LogP contribution in [0.1, 0.15) is 46.5 Å². The summed E-state index contributed by atoms with van der Waals surface area (Å²) in [5, 5.41) is 3.04. The molecule has 5 heteroatoms. The zero-order chi connectivity index (χ0) is 14.1. The first-order valence-corrected chi connectivity index (χ1v) is 8.32. The molecular formula is C13H28N2O2S. The Kier molecular flexibility index (Phi) is 9.28. The molecule has 0 aromatic carbocycles. The third-order valence-corrected chi connectivity index (χ3v) is 4.53. The van der Waals surface area contributed by atoms with E-state index in [0.29, 0.717) is 6.54 Å². The molecule has 1 amide bonds. The fraction of sp³-hybridized carbons (Fsp3) is 0.923. The SMILES string of the molecule is CC(N)CCCC(C)C(=O)NCCC(C)S(C)=O. The molecule has 0 rings (SSSR count). The van der Waals surface area contributed by atoms with E-state index in [4.69, 9.17) is 5.73 Å². The molecule has 0 spiro atoms. The van der Waals surface area contributed by atoms with Crippen LogP contribution < -0.4 is 11.1 Å². The van der Waals surface area contributed by atoms with Crippen LogP contribution >= 0.6 is 0 Å². The summed E-state index contributed by atoms with van der Waals surface area (Å²) in [6.07, 6.45) is 5.29. The van der Waals surface area contributed by atoms with Gasteiger partial charge >= 0.3 is 0 Å². The van der Waals surface area contributed by atoms with Crippen LogP contribution in [-0.4, -0.2) is 34.2 Å². The number of amides is 1. The van der Waals surface area contributed by atoms with Crippen LogP contribution in [0.25, 0.3) is 0 Å². The molecule has 4 atom stereocenters. The van der Waals surface area contributed by atoms with Gasteiger partial charge in [0.15, 0.2) is 0 Å². The van der Waals surface area contributed by atoms with Crippen molar-refractivity contribution in [2.24, 2.45) is 11.7 Å². The number of hydrogen-bond donors (Lipinski definition) is 2. The first kappa shape index (κ1) is 17.6. The number of nitrogens with two attached hydrogens (primary N) is 1. The van der Waals surface area contributed by atoms with Crippen molar-refractivity contribution < 1.29 is 9.00 Å². The molecule has 0 bridgehead atoms. The molecular weight excluding hydrogens is 248 g/mol. The van der Waals surface area contributed by atoms with Crippen molar-refractivity contribution in [3.63, 3.8) is 0 Å². The van der Waals surface area contributed by atoms with E-state index in [2.05, 4.69) is 5.32 Å². The molecule has 0 fully saturated rings. The highest BCUT2D eigenvalue weighted by Crippen LogP contribution is 2.09. The molecule has 4 nitrogen and oxygen atoms in total. The average molecular weight is 276 g/mol. The monoisotopic (exact) mass is 276 g/mol. The minimum Gasteiger partial charge on any atom is -0.356 e. The largest absolute Gasteiger partial charge is 0.356 e. The second kappa shape index (κ2) is 9.50. The summed E-state index contributed by atoms with van der Waals surface area (Å²) in [6.45, 7) is 6.47. The minimum absolute atomic E-state index is 0.0335. The van der Waals surface area contributed by atoms with Gasteiger partial charge in [-0.25, -0.2) is 0 Å². The van der Waals surface area contributed by atoms with Crippen molar-refractivity contribution in [1.82, 2.24) is 5.32 Å². The molecule has 0 heterocycles. The first-order valence-electron chi connectivity index (χ1n) is 6.70. The molecule has 0 saturated carbocycles. The normalized spacial score (nSPS) is 17.8. The maximum absolute atomic E-state index is 11.8. The van der Waals surface area contributed by atoms with Gasteiger partial charge in [-0.3, -0.25) is 9.00 Å². The lowest BCUT2D eigenvalue weighted by atomic mass is 10.0. The van der Waals surface area contributed by atoms with E-state index in [1.807, 2.05) is 20.8 Å². The van der Waals surface area contributed by atoms with E-state index in [1.165, 1.54) is 0 Å². The smallest absolute Gasteiger partial charge is 0.222 e. The lowest BCUT2D eigenvalue weighted by molar-refractivity contribution is -0.124. The van der Waals surface area contributed by atoms with E-state index >= 15 is 0 Å². The van der Waals surface area contributed by atoms with Crippen molar-refractivity contribution >= 4 is 16.7 Å². The van der Waals surface area contributed by atoms with E-state index in [-0.39, 0.29) is 23.1 Å². The number of carbonyl (C=O) groups excluding carboxylic acids is 1. The predicted molar refractivity (Wildman–Crippen MR) is 77.8 cm³/mol. The van der Waals surface area contributed by atoms with Crippen molar-refractivity contribution in [3.8, 4) is 0 Å². The fourth-order valence-corrected chi connectivity index (χ4v) is 2.07. The van der Waals surface area contributed by atoms with Gasteiger partial charge in [0.25, 0.3) is 0 Å². The van der Waals surface area contributed by atoms with Gasteiger partial charge in [0.1, 0.15) is 0 Å². The Labute approximate surface area is 114 Å². The summed E-state index contributed by atoms with van der Waals surface area (Å²) in [5.41, 5.74) is 5.67. The molecule has 4 unspecified atom stereocenters. The molecule has 0 aromatic rings. The van der Waals surface area contributed by atoms with Crippen molar-refractivity contribution in [1.29, 1.82) is 0 Å². The van der Waals surface area contributed by atoms with Gasteiger partial charge < -0.3 is 11.1 Å². The second-order valence-corrected chi connectivity index (χ2v) is 7.00. The molecule has 108 valence electrons. The Hall–Kier alpha value is -0.420. The Morgan fingerprint density at radius 1 is 1.22 bits per heavy atom. The Balaban J connectivity index is 3.71. The zero-order valence-electron chi connectivity index (χ0n) is 12.1. The highest BCUT2D eigenvalue weighted by atomic mass is 32.2. The molecule has 0 radical (unpaired) electrons. The van der Waals surface area contributed by atoms with Crippen LogP contribution in [0.15, 0.2) is 0 Å². The molecule has 18 heavy (non-hydrogen) atoms. The van der Waals surface area contributed by atoms with Gasteiger partial charge in [-0.05, 0) is 26.2 Å². The van der Waals surface area contributed by atoms with E-state index in [9.17, 15) is 9.00 Å². The number of carbonyl (C=O) groups is 1. The number of nitrogens with one attached hydrogen (secondary N) is 1. The van der Waals surface area contributed by atoms with Crippen LogP contribution in [0.3, 0.4) is 0 Å². The van der Waals surface area contributed by atoms with Crippen LogP contribution in [0.4, 0.5) is 0 Å². The predicted octanol–water partition coefficient (Wildman–Crippen LogP) is 1.41. The lowest BCUT2D eigenvalue weighted by Crippen LogP contribution is -2.32. The Morgan fingerprint density at radius 2 is 1.83 bits per heavy atom. The third kappa shape index (κ3) is 8.64. The fourth-order valence-electron chi connectivity index (χ4n) is 1.62. The average Bonchev–Trinajstić information content (AvgIpc) is 2.27. The van der Waals surface area contributed by atoms with Crippen LogP contribution in [0.2, 0.25) is 0 Å². The summed E-state index contributed by atoms with van der Waals surface area (Å²) in [6, 6.07) is 0.209. The maximum Gasteiger partial charge on any atom is 0.222 e. The summed E-state index contributed by atoms with van der Waals surface area (Å²) in [5.74, 6) is 0.125. The maximum atomic E-state index is 11.8. The van der Waals surface area contributed by atoms with Crippen LogP contribution in [-0.2, 0) is 15.6 Å². The van der Waals surface area contributed by atoms with Crippen LogP contribution in [0.5, 0.6) is 0 Å². The zero-order valence-corrected chi connectivity index (χ0v) is 12.9. The van der Waals surface area contributed by atoms with E-state index in [0.717, 1.165) is 25.7 Å². The molecule has 0 saturated heterocycles. The minimum atomic E-state index is -0.811. The van der Waals surface area contributed by atoms with E-state index < -0.39 is 10.8 Å². The first-order chi connectivity index (χ1) is 8.34. The van der Waals surface area contributed by atoms with E-state index in [1.54, 1.807) is 6.26 Å². The molecule has 0 aliphatic rings. The molecule has 3 N–H and O–H groups in total. The van der Waals surface area contributed by atoms with Crippen molar-refractivity contribution in [2.45, 2.75) is 57.7 Å². The highest BCUT2D eigenvalue weighted by molar-refractivity contribution is 7.84. The van der Waals surface area contributed by atoms with Crippen molar-refractivity contribution in [2.75, 3.05) is 12.8 Å². The summed E-state index contributed by atoms with van der Waals surface area (Å²) in [7, 11) is -0.811. The second-order valence-electron chi connectivity index (χ2n) is 5.20. The van der Waals surface area contributed by atoms with Gasteiger partial charge in [-0.2, -0.15) is 0 Å². The summed E-state index contributed by atoms with van der Waals surface area (Å²) < 4.78 is 11.1. The number of rotatable bonds is 9. The van der Waals surface area contributed by atoms with Crippen molar-refractivity contribution in [3.05, 3.63) is 0 Å². The summed E-state index contributed by atoms with van der Waals surface area (Å²) in [4.78, 5) is 11.8. The van der Waals surface area contributed by atoms with Gasteiger partial charge in [0.05, 0.1) is 0 Å². The standard InChI is InChI=1S/C13H28N2O2S/c1-10(6-5-7-11(2)14)13(16)15-9-8-12(3)18(4)17/h10-12H,5-9,14H2,1-4H3,(H,15,16). The quantitative estimate of drug-likeness (QED) is 0.669. The number of hydrogen-bond acceptors (Lipinski definition) is 3. The van der Waals surface area contributed by atoms with Gasteiger partial charge in [0.2, 0.25) is 5.91 Å². The topological polar surface area (TPSA) is 72.2 Å². The molecule has 0 aliphatic carbocycles.